The molecule has 0 aliphatic rings. The van der Waals surface area contributed by atoms with Gasteiger partial charge < -0.3 is 5.32 Å². The Kier molecular flexibility index (Phi) is 5.86. The van der Waals surface area contributed by atoms with Gasteiger partial charge >= 0.3 is 0 Å². The minimum Gasteiger partial charge on any atom is -0.325 e. The van der Waals surface area contributed by atoms with Crippen LogP contribution in [0.15, 0.2) is 59.8 Å². The number of H-pyrrole nitrogens is 1. The molecule has 0 fully saturated rings. The van der Waals surface area contributed by atoms with Crippen molar-refractivity contribution in [1.82, 2.24) is 15.2 Å². The fourth-order valence-electron chi connectivity index (χ4n) is 2.30. The summed E-state index contributed by atoms with van der Waals surface area (Å²) in [6.07, 6.45) is 3.83. The first-order chi connectivity index (χ1) is 12.6. The molecule has 2 N–H and O–H groups in total. The van der Waals surface area contributed by atoms with Gasteiger partial charge in [0.1, 0.15) is 5.82 Å². The lowest BCUT2D eigenvalue weighted by molar-refractivity contribution is -0.115. The highest BCUT2D eigenvalue weighted by molar-refractivity contribution is 8.00. The Hall–Kier alpha value is -2.86. The third-order valence-corrected chi connectivity index (χ3v) is 4.61. The molecule has 1 unspecified atom stereocenters. The van der Waals surface area contributed by atoms with Gasteiger partial charge in [0, 0.05) is 5.69 Å². The summed E-state index contributed by atoms with van der Waals surface area (Å²) in [6, 6.07) is 17.7. The Morgan fingerprint density at radius 1 is 1.15 bits per heavy atom. The molecule has 26 heavy (non-hydrogen) atoms. The number of carbonyl (C=O) groups is 1. The SMILES string of the molecule is Cc1cccc(NC(=O)C(C)Sc2n[nH]c(/C=C/c3ccccc3)n2)c1. The van der Waals surface area contributed by atoms with Crippen LogP contribution in [0, 0.1) is 6.92 Å². The van der Waals surface area contributed by atoms with E-state index in [4.69, 9.17) is 0 Å². The van der Waals surface area contributed by atoms with E-state index in [1.54, 1.807) is 0 Å². The van der Waals surface area contributed by atoms with Gasteiger partial charge in [0.05, 0.1) is 5.25 Å². The molecular weight excluding hydrogens is 344 g/mol. The van der Waals surface area contributed by atoms with Gasteiger partial charge in [0.2, 0.25) is 11.1 Å². The van der Waals surface area contributed by atoms with Gasteiger partial charge in [0.25, 0.3) is 0 Å². The number of rotatable bonds is 6. The molecule has 0 bridgehead atoms. The van der Waals surface area contributed by atoms with Gasteiger partial charge in [-0.3, -0.25) is 9.89 Å². The van der Waals surface area contributed by atoms with Crippen LogP contribution in [0.1, 0.15) is 23.9 Å². The van der Waals surface area contributed by atoms with Crippen molar-refractivity contribution < 1.29 is 4.79 Å². The summed E-state index contributed by atoms with van der Waals surface area (Å²) in [7, 11) is 0. The van der Waals surface area contributed by atoms with Gasteiger partial charge in [-0.2, -0.15) is 0 Å². The van der Waals surface area contributed by atoms with Crippen LogP contribution >= 0.6 is 11.8 Å². The van der Waals surface area contributed by atoms with Crippen molar-refractivity contribution in [1.29, 1.82) is 0 Å². The number of hydrogen-bond acceptors (Lipinski definition) is 4. The molecule has 0 radical (unpaired) electrons. The van der Waals surface area contributed by atoms with Crippen LogP contribution in [-0.4, -0.2) is 26.3 Å². The van der Waals surface area contributed by atoms with E-state index in [0.29, 0.717) is 11.0 Å². The van der Waals surface area contributed by atoms with Crippen LogP contribution in [-0.2, 0) is 4.79 Å². The maximum absolute atomic E-state index is 12.3. The quantitative estimate of drug-likeness (QED) is 0.636. The highest BCUT2D eigenvalue weighted by Crippen LogP contribution is 2.21. The zero-order valence-electron chi connectivity index (χ0n) is 14.6. The molecule has 1 aromatic heterocycles. The van der Waals surface area contributed by atoms with Crippen molar-refractivity contribution in [3.63, 3.8) is 0 Å². The van der Waals surface area contributed by atoms with Crippen molar-refractivity contribution in [3.8, 4) is 0 Å². The van der Waals surface area contributed by atoms with E-state index in [1.165, 1.54) is 11.8 Å². The van der Waals surface area contributed by atoms with E-state index < -0.39 is 0 Å². The fourth-order valence-corrected chi connectivity index (χ4v) is 3.03. The molecule has 2 aromatic carbocycles. The second-order valence-electron chi connectivity index (χ2n) is 5.87. The topological polar surface area (TPSA) is 70.7 Å². The molecule has 1 amide bonds. The first-order valence-electron chi connectivity index (χ1n) is 8.30. The van der Waals surface area contributed by atoms with Crippen LogP contribution in [0.2, 0.25) is 0 Å². The van der Waals surface area contributed by atoms with Crippen LogP contribution < -0.4 is 5.32 Å². The van der Waals surface area contributed by atoms with E-state index in [1.807, 2.05) is 80.6 Å². The summed E-state index contributed by atoms with van der Waals surface area (Å²) < 4.78 is 0. The zero-order chi connectivity index (χ0) is 18.4. The third-order valence-electron chi connectivity index (χ3n) is 3.65. The average molecular weight is 364 g/mol. The maximum atomic E-state index is 12.3. The molecule has 3 rings (SSSR count). The Balaban J connectivity index is 1.57. The number of aromatic amines is 1. The van der Waals surface area contributed by atoms with Gasteiger partial charge in [-0.05, 0) is 43.2 Å². The van der Waals surface area contributed by atoms with Gasteiger partial charge in [-0.15, -0.1) is 5.10 Å². The highest BCUT2D eigenvalue weighted by Gasteiger charge is 2.17. The maximum Gasteiger partial charge on any atom is 0.237 e. The molecule has 1 heterocycles. The number of nitrogens with one attached hydrogen (secondary N) is 2. The van der Waals surface area contributed by atoms with Crippen LogP contribution in [0.3, 0.4) is 0 Å². The lowest BCUT2D eigenvalue weighted by Crippen LogP contribution is -2.22. The van der Waals surface area contributed by atoms with E-state index in [2.05, 4.69) is 20.5 Å². The molecule has 0 aliphatic carbocycles. The second kappa shape index (κ2) is 8.49. The van der Waals surface area contributed by atoms with Crippen LogP contribution in [0.5, 0.6) is 0 Å². The molecule has 5 nitrogen and oxygen atoms in total. The number of nitrogens with zero attached hydrogens (tertiary/aromatic N) is 2. The molecular formula is C20H20N4OS. The van der Waals surface area contributed by atoms with Gasteiger partial charge in [-0.1, -0.05) is 60.3 Å². The van der Waals surface area contributed by atoms with Crippen molar-refractivity contribution in [3.05, 3.63) is 71.5 Å². The smallest absolute Gasteiger partial charge is 0.237 e. The number of benzene rings is 2. The highest BCUT2D eigenvalue weighted by atomic mass is 32.2. The summed E-state index contributed by atoms with van der Waals surface area (Å²) in [5.41, 5.74) is 2.99. The lowest BCUT2D eigenvalue weighted by Gasteiger charge is -2.10. The average Bonchev–Trinajstić information content (AvgIpc) is 3.08. The fraction of sp³-hybridized carbons (Fsp3) is 0.150. The number of aryl methyl sites for hydroxylation is 1. The Morgan fingerprint density at radius 2 is 1.96 bits per heavy atom. The minimum absolute atomic E-state index is 0.0771. The second-order valence-corrected chi connectivity index (χ2v) is 7.17. The zero-order valence-corrected chi connectivity index (χ0v) is 15.5. The molecule has 3 aromatic rings. The van der Waals surface area contributed by atoms with Crippen LogP contribution in [0.25, 0.3) is 12.2 Å². The standard InChI is InChI=1S/C20H20N4OS/c1-14-7-6-10-17(13-14)21-19(25)15(2)26-20-22-18(23-24-20)12-11-16-8-4-3-5-9-16/h3-13,15H,1-2H3,(H,21,25)(H,22,23,24)/b12-11+. The monoisotopic (exact) mass is 364 g/mol. The van der Waals surface area contributed by atoms with Gasteiger partial charge in [0.15, 0.2) is 0 Å². The molecule has 0 saturated heterocycles. The number of aromatic nitrogens is 3. The molecule has 6 heteroatoms. The predicted molar refractivity (Wildman–Crippen MR) is 107 cm³/mol. The number of anilines is 1. The van der Waals surface area contributed by atoms with Crippen LogP contribution in [0.4, 0.5) is 5.69 Å². The largest absolute Gasteiger partial charge is 0.325 e. The predicted octanol–water partition coefficient (Wildman–Crippen LogP) is 4.40. The van der Waals surface area contributed by atoms with E-state index in [9.17, 15) is 4.79 Å². The lowest BCUT2D eigenvalue weighted by atomic mass is 10.2. The molecule has 0 spiro atoms. The van der Waals surface area contributed by atoms with Gasteiger partial charge in [-0.25, -0.2) is 4.98 Å². The Morgan fingerprint density at radius 3 is 2.73 bits per heavy atom. The number of hydrogen-bond donors (Lipinski definition) is 2. The van der Waals surface area contributed by atoms with E-state index in [0.717, 1.165) is 16.8 Å². The third kappa shape index (κ3) is 5.07. The summed E-state index contributed by atoms with van der Waals surface area (Å²) in [6.45, 7) is 3.83. The number of thioether (sulfide) groups is 1. The molecule has 0 aliphatic heterocycles. The first kappa shape index (κ1) is 17.9. The summed E-state index contributed by atoms with van der Waals surface area (Å²) >= 11 is 1.32. The molecule has 1 atom stereocenters. The van der Waals surface area contributed by atoms with Crippen molar-refractivity contribution >= 4 is 35.5 Å². The molecule has 132 valence electrons. The summed E-state index contributed by atoms with van der Waals surface area (Å²) in [4.78, 5) is 16.7. The minimum atomic E-state index is -0.308. The normalized spacial score (nSPS) is 12.2. The van der Waals surface area contributed by atoms with Crippen molar-refractivity contribution in [2.24, 2.45) is 0 Å². The van der Waals surface area contributed by atoms with E-state index >= 15 is 0 Å². The summed E-state index contributed by atoms with van der Waals surface area (Å²) in [5, 5.41) is 10.2. The first-order valence-corrected chi connectivity index (χ1v) is 9.18. The Bertz CT molecular complexity index is 905. The van der Waals surface area contributed by atoms with Crippen molar-refractivity contribution in [2.75, 3.05) is 5.32 Å². The Labute approximate surface area is 156 Å². The van der Waals surface area contributed by atoms with E-state index in [-0.39, 0.29) is 11.2 Å². The van der Waals surface area contributed by atoms with Crippen molar-refractivity contribution in [2.45, 2.75) is 24.3 Å². The number of amides is 1. The molecule has 0 saturated carbocycles. The number of carbonyl (C=O) groups excluding carboxylic acids is 1. The summed E-state index contributed by atoms with van der Waals surface area (Å²) in [5.74, 6) is 0.578.